The van der Waals surface area contributed by atoms with Crippen LogP contribution in [0.15, 0.2) is 127 Å². The standard InChI is InChI=1S/2C16H8N2O4S2.C6H5NO2/c2*19-13-9-5-1-2-6-10(9)14(20)17(13)23-24-18-15(21)11-7-3-4-8-12(11)16(18)22;8-7(9)6-4-2-1-3-5-6/h2*1-8H;1-5H. The maximum absolute atomic E-state index is 12.3. The summed E-state index contributed by atoms with van der Waals surface area (Å²) in [4.78, 5) is 108. The second-order valence-electron chi connectivity index (χ2n) is 11.7. The number of fused-ring (bicyclic) bond motifs is 4. The Kier molecular flexibility index (Phi) is 11.1. The number of hydrogen-bond acceptors (Lipinski definition) is 14. The molecule has 4 aliphatic heterocycles. The predicted molar refractivity (Wildman–Crippen MR) is 211 cm³/mol. The summed E-state index contributed by atoms with van der Waals surface area (Å²) in [6.45, 7) is 0. The Bertz CT molecular complexity index is 2130. The zero-order valence-electron chi connectivity index (χ0n) is 28.6. The molecule has 0 bridgehead atoms. The van der Waals surface area contributed by atoms with Gasteiger partial charge in [-0.3, -0.25) is 48.5 Å². The Labute approximate surface area is 337 Å². The van der Waals surface area contributed by atoms with Gasteiger partial charge in [0, 0.05) is 12.1 Å². The highest BCUT2D eigenvalue weighted by Gasteiger charge is 2.42. The SMILES string of the molecule is O=C1c2ccccc2C(=O)N1SSN1C(=O)c2ccccc2C1=O.O=C1c2ccccc2C(=O)N1SSN1C(=O)c2ccccc2C1=O.O=[N+]([O-])c1ccccc1. The summed E-state index contributed by atoms with van der Waals surface area (Å²) in [5.74, 6) is -3.63. The summed E-state index contributed by atoms with van der Waals surface area (Å²) in [5, 5.41) is 10.0. The van der Waals surface area contributed by atoms with Gasteiger partial charge < -0.3 is 0 Å². The zero-order chi connectivity index (χ0) is 40.4. The lowest BCUT2D eigenvalue weighted by molar-refractivity contribution is -0.384. The van der Waals surface area contributed by atoms with Crippen molar-refractivity contribution in [1.29, 1.82) is 0 Å². The Morgan fingerprint density at radius 3 is 0.649 bits per heavy atom. The van der Waals surface area contributed by atoms with Crippen molar-refractivity contribution in [2.45, 2.75) is 0 Å². The molecule has 9 rings (SSSR count). The van der Waals surface area contributed by atoms with Gasteiger partial charge >= 0.3 is 0 Å². The maximum atomic E-state index is 12.3. The Hall–Kier alpha value is -6.54. The average molecular weight is 836 g/mol. The number of hydrogen-bond donors (Lipinski definition) is 0. The topological polar surface area (TPSA) is 193 Å². The molecule has 0 saturated carbocycles. The number of imide groups is 4. The first-order valence-electron chi connectivity index (χ1n) is 16.3. The van der Waals surface area contributed by atoms with Crippen LogP contribution in [0.5, 0.6) is 0 Å². The highest BCUT2D eigenvalue weighted by molar-refractivity contribution is 8.75. The summed E-state index contributed by atoms with van der Waals surface area (Å²) in [7, 11) is 3.07. The second-order valence-corrected chi connectivity index (χ2v) is 15.5. The van der Waals surface area contributed by atoms with Crippen LogP contribution in [0.3, 0.4) is 0 Å². The monoisotopic (exact) mass is 835 g/mol. The van der Waals surface area contributed by atoms with E-state index in [0.717, 1.165) is 61.1 Å². The van der Waals surface area contributed by atoms with E-state index in [1.165, 1.54) is 12.1 Å². The molecule has 57 heavy (non-hydrogen) atoms. The third-order valence-corrected chi connectivity index (χ3v) is 12.6. The number of nitrogens with zero attached hydrogens (tertiary/aromatic N) is 5. The quantitative estimate of drug-likeness (QED) is 0.0526. The molecule has 0 radical (unpaired) electrons. The molecule has 0 spiro atoms. The molecule has 282 valence electrons. The molecule has 4 aliphatic rings. The number of para-hydroxylation sites is 1. The van der Waals surface area contributed by atoms with E-state index in [4.69, 9.17) is 0 Å². The minimum atomic E-state index is -0.454. The van der Waals surface area contributed by atoms with Gasteiger partial charge in [0.2, 0.25) is 0 Å². The lowest BCUT2D eigenvalue weighted by Gasteiger charge is -2.15. The Morgan fingerprint density at radius 1 is 0.316 bits per heavy atom. The maximum Gasteiger partial charge on any atom is 0.272 e. The average Bonchev–Trinajstić information content (AvgIpc) is 3.83. The van der Waals surface area contributed by atoms with Gasteiger partial charge in [0.25, 0.3) is 52.9 Å². The molecule has 0 atom stereocenters. The van der Waals surface area contributed by atoms with Crippen molar-refractivity contribution >= 4 is 96.9 Å². The number of benzene rings is 5. The number of carbonyl (C=O) groups excluding carboxylic acids is 8. The number of amides is 8. The third kappa shape index (κ3) is 7.31. The van der Waals surface area contributed by atoms with Crippen molar-refractivity contribution in [2.75, 3.05) is 0 Å². The van der Waals surface area contributed by atoms with Crippen molar-refractivity contribution in [2.24, 2.45) is 0 Å². The molecule has 5 aromatic carbocycles. The molecular weight excluding hydrogens is 815 g/mol. The summed E-state index contributed by atoms with van der Waals surface area (Å²) >= 11 is 0. The molecule has 0 fully saturated rings. The normalized spacial score (nSPS) is 14.9. The van der Waals surface area contributed by atoms with Crippen molar-refractivity contribution in [1.82, 2.24) is 17.2 Å². The number of non-ortho nitro benzene ring substituents is 1. The summed E-state index contributed by atoms with van der Waals surface area (Å²) in [6.07, 6.45) is 0. The summed E-state index contributed by atoms with van der Waals surface area (Å²) in [6, 6.07) is 33.9. The number of nitro benzene ring substituents is 1. The van der Waals surface area contributed by atoms with Crippen LogP contribution < -0.4 is 0 Å². The first kappa shape index (κ1) is 38.7. The fraction of sp³-hybridized carbons (Fsp3) is 0. The Morgan fingerprint density at radius 2 is 0.491 bits per heavy atom. The van der Waals surface area contributed by atoms with Crippen LogP contribution in [0.2, 0.25) is 0 Å². The molecule has 0 aromatic heterocycles. The molecule has 0 N–H and O–H groups in total. The third-order valence-electron chi connectivity index (χ3n) is 8.36. The van der Waals surface area contributed by atoms with Gasteiger partial charge in [-0.1, -0.05) is 66.7 Å². The molecule has 19 heteroatoms. The van der Waals surface area contributed by atoms with Gasteiger partial charge in [0.05, 0.1) is 93.4 Å². The lowest BCUT2D eigenvalue weighted by Crippen LogP contribution is -2.25. The molecule has 15 nitrogen and oxygen atoms in total. The minimum absolute atomic E-state index is 0.137. The van der Waals surface area contributed by atoms with E-state index in [1.54, 1.807) is 115 Å². The van der Waals surface area contributed by atoms with Crippen LogP contribution in [0, 0.1) is 10.1 Å². The van der Waals surface area contributed by atoms with Gasteiger partial charge in [-0.25, -0.2) is 17.2 Å². The van der Waals surface area contributed by atoms with Gasteiger partial charge in [0.15, 0.2) is 0 Å². The van der Waals surface area contributed by atoms with Crippen LogP contribution in [0.1, 0.15) is 82.9 Å². The van der Waals surface area contributed by atoms with Crippen molar-refractivity contribution in [3.63, 3.8) is 0 Å². The molecule has 4 heterocycles. The first-order chi connectivity index (χ1) is 27.5. The smallest absolute Gasteiger partial charge is 0.268 e. The van der Waals surface area contributed by atoms with Crippen molar-refractivity contribution in [3.05, 3.63) is 182 Å². The largest absolute Gasteiger partial charge is 0.272 e. The Balaban J connectivity index is 0.000000144. The fourth-order valence-corrected chi connectivity index (χ4v) is 9.64. The minimum Gasteiger partial charge on any atom is -0.268 e. The van der Waals surface area contributed by atoms with E-state index in [0.29, 0.717) is 44.5 Å². The predicted octanol–water partition coefficient (Wildman–Crippen LogP) is 7.18. The van der Waals surface area contributed by atoms with Crippen LogP contribution in [-0.2, 0) is 0 Å². The van der Waals surface area contributed by atoms with E-state index < -0.39 is 52.2 Å². The van der Waals surface area contributed by atoms with E-state index in [-0.39, 0.29) is 5.69 Å². The van der Waals surface area contributed by atoms with Gasteiger partial charge in [0.1, 0.15) is 0 Å². The van der Waals surface area contributed by atoms with Gasteiger partial charge in [-0.2, -0.15) is 0 Å². The second kappa shape index (κ2) is 16.3. The first-order valence-corrected chi connectivity index (χ1v) is 20.4. The molecule has 5 aromatic rings. The highest BCUT2D eigenvalue weighted by Crippen LogP contribution is 2.41. The number of carbonyl (C=O) groups is 8. The number of nitro groups is 1. The molecule has 0 aliphatic carbocycles. The summed E-state index contributed by atoms with van der Waals surface area (Å²) < 4.78 is 3.83. The van der Waals surface area contributed by atoms with E-state index in [2.05, 4.69) is 0 Å². The zero-order valence-corrected chi connectivity index (χ0v) is 31.8. The highest BCUT2D eigenvalue weighted by atomic mass is 33.1. The molecule has 0 unspecified atom stereocenters. The van der Waals surface area contributed by atoms with Crippen LogP contribution in [-0.4, -0.2) is 69.4 Å². The van der Waals surface area contributed by atoms with Gasteiger partial charge in [-0.15, -0.1) is 0 Å². The van der Waals surface area contributed by atoms with Crippen molar-refractivity contribution in [3.8, 4) is 0 Å². The molecular formula is C38H21N5O10S4. The van der Waals surface area contributed by atoms with Crippen LogP contribution in [0.25, 0.3) is 0 Å². The van der Waals surface area contributed by atoms with E-state index in [1.807, 2.05) is 0 Å². The molecule has 8 amide bonds. The van der Waals surface area contributed by atoms with Gasteiger partial charge in [-0.05, 0) is 48.5 Å². The fourth-order valence-electron chi connectivity index (χ4n) is 5.62. The van der Waals surface area contributed by atoms with Crippen LogP contribution >= 0.6 is 43.9 Å². The van der Waals surface area contributed by atoms with Crippen molar-refractivity contribution < 1.29 is 43.3 Å². The van der Waals surface area contributed by atoms with E-state index in [9.17, 15) is 48.5 Å². The van der Waals surface area contributed by atoms with Crippen LogP contribution in [0.4, 0.5) is 5.69 Å². The lowest BCUT2D eigenvalue weighted by atomic mass is 10.1. The molecule has 0 saturated heterocycles. The van der Waals surface area contributed by atoms with E-state index >= 15 is 0 Å². The number of rotatable bonds is 7. The summed E-state index contributed by atoms with van der Waals surface area (Å²) in [5.41, 5.74) is 2.68.